The number of benzene rings is 1. The lowest BCUT2D eigenvalue weighted by Gasteiger charge is -2.32. The van der Waals surface area contributed by atoms with Crippen LogP contribution in [0.5, 0.6) is 0 Å². The zero-order valence-corrected chi connectivity index (χ0v) is 21.4. The van der Waals surface area contributed by atoms with E-state index >= 15 is 0 Å². The third-order valence-electron chi connectivity index (χ3n) is 7.05. The Balaban J connectivity index is 1.20. The number of aryl methyl sites for hydroxylation is 1. The topological polar surface area (TPSA) is 127 Å². The molecule has 1 atom stereocenters. The van der Waals surface area contributed by atoms with Crippen molar-refractivity contribution in [3.63, 3.8) is 0 Å². The van der Waals surface area contributed by atoms with Gasteiger partial charge in [-0.25, -0.2) is 18.7 Å². The number of nitrogens with one attached hydrogen (secondary N) is 2. The van der Waals surface area contributed by atoms with Gasteiger partial charge >= 0.3 is 11.8 Å². The van der Waals surface area contributed by atoms with E-state index in [2.05, 4.69) is 46.9 Å². The van der Waals surface area contributed by atoms with Crippen molar-refractivity contribution in [1.29, 1.82) is 0 Å². The molecule has 0 spiro atoms. The molecule has 11 nitrogen and oxygen atoms in total. The van der Waals surface area contributed by atoms with E-state index in [1.807, 2.05) is 38.5 Å². The molecular formula is C26H27F2N9O2. The number of aromatic nitrogens is 6. The fourth-order valence-corrected chi connectivity index (χ4v) is 5.01. The Kier molecular flexibility index (Phi) is 6.29. The van der Waals surface area contributed by atoms with Gasteiger partial charge in [0.1, 0.15) is 0 Å². The van der Waals surface area contributed by atoms with Gasteiger partial charge in [0.2, 0.25) is 17.8 Å². The Morgan fingerprint density at radius 1 is 1.18 bits per heavy atom. The average Bonchev–Trinajstić information content (AvgIpc) is 3.51. The molecule has 1 saturated carbocycles. The Labute approximate surface area is 222 Å². The van der Waals surface area contributed by atoms with Crippen molar-refractivity contribution in [3.05, 3.63) is 65.8 Å². The zero-order chi connectivity index (χ0) is 27.1. The van der Waals surface area contributed by atoms with Crippen LogP contribution in [0, 0.1) is 0 Å². The number of fused-ring (bicyclic) bond motifs is 1. The van der Waals surface area contributed by atoms with Crippen molar-refractivity contribution < 1.29 is 18.0 Å². The molecule has 0 bridgehead atoms. The molecule has 13 heteroatoms. The van der Waals surface area contributed by atoms with Crippen LogP contribution >= 0.6 is 0 Å². The van der Waals surface area contributed by atoms with E-state index in [4.69, 9.17) is 4.42 Å². The van der Waals surface area contributed by atoms with Crippen molar-refractivity contribution in [1.82, 2.24) is 40.2 Å². The molecule has 2 N–H and O–H groups in total. The van der Waals surface area contributed by atoms with Gasteiger partial charge in [-0.05, 0) is 36.7 Å². The van der Waals surface area contributed by atoms with Gasteiger partial charge in [0.05, 0.1) is 23.6 Å². The maximum absolute atomic E-state index is 13.2. The molecule has 1 aliphatic carbocycles. The molecule has 1 amide bonds. The van der Waals surface area contributed by atoms with Crippen LogP contribution in [0.4, 0.5) is 20.4 Å². The first-order valence-electron chi connectivity index (χ1n) is 12.6. The van der Waals surface area contributed by atoms with Crippen molar-refractivity contribution >= 4 is 17.5 Å². The van der Waals surface area contributed by atoms with Crippen molar-refractivity contribution in [2.24, 2.45) is 7.05 Å². The standard InChI is InChI=1S/C26H27F2N9O2/c1-36-8-6-21(32-22(38)24-35-34-23(39-24)17-10-26(27,28)11-17)19-4-3-15(9-16(19)13-36)20-5-7-29-25(33-20)31-18-12-30-37(2)14-18/h3-5,7,9,12,14,17,21H,6,8,10-11,13H2,1-2H3,(H,32,38)(H,29,31,33)/t21-/m0/s1. The minimum atomic E-state index is -2.71. The second-order valence-corrected chi connectivity index (χ2v) is 10.2. The summed E-state index contributed by atoms with van der Waals surface area (Å²) < 4.78 is 33.6. The smallest absolute Gasteiger partial charge is 0.309 e. The van der Waals surface area contributed by atoms with E-state index in [0.717, 1.165) is 34.6 Å². The van der Waals surface area contributed by atoms with Gasteiger partial charge in [-0.1, -0.05) is 12.1 Å². The molecule has 6 rings (SSSR count). The van der Waals surface area contributed by atoms with Crippen molar-refractivity contribution in [2.75, 3.05) is 18.9 Å². The third-order valence-corrected chi connectivity index (χ3v) is 7.05. The highest BCUT2D eigenvalue weighted by molar-refractivity contribution is 5.89. The second-order valence-electron chi connectivity index (χ2n) is 10.2. The number of hydrogen-bond acceptors (Lipinski definition) is 9. The van der Waals surface area contributed by atoms with E-state index in [1.54, 1.807) is 17.1 Å². The molecule has 202 valence electrons. The lowest BCUT2D eigenvalue weighted by molar-refractivity contribution is -0.0918. The molecule has 1 fully saturated rings. The summed E-state index contributed by atoms with van der Waals surface area (Å²) in [6.07, 6.45) is 5.23. The van der Waals surface area contributed by atoms with Crippen LogP contribution < -0.4 is 10.6 Å². The number of anilines is 2. The number of hydrogen-bond donors (Lipinski definition) is 2. The molecule has 1 aliphatic heterocycles. The lowest BCUT2D eigenvalue weighted by atomic mass is 9.81. The first-order valence-corrected chi connectivity index (χ1v) is 12.6. The number of carbonyl (C=O) groups excluding carboxylic acids is 1. The largest absolute Gasteiger partial charge is 0.417 e. The van der Waals surface area contributed by atoms with Gasteiger partial charge in [0, 0.05) is 56.9 Å². The predicted molar refractivity (Wildman–Crippen MR) is 136 cm³/mol. The molecule has 2 aliphatic rings. The number of alkyl halides is 2. The Bertz CT molecular complexity index is 1510. The highest BCUT2D eigenvalue weighted by atomic mass is 19.3. The molecule has 4 aromatic rings. The number of nitrogens with zero attached hydrogens (tertiary/aromatic N) is 7. The second kappa shape index (κ2) is 9.80. The van der Waals surface area contributed by atoms with E-state index < -0.39 is 17.7 Å². The van der Waals surface area contributed by atoms with Gasteiger partial charge in [0.25, 0.3) is 0 Å². The minimum absolute atomic E-state index is 0.0824. The number of rotatable bonds is 6. The van der Waals surface area contributed by atoms with Crippen LogP contribution in [-0.4, -0.2) is 60.3 Å². The summed E-state index contributed by atoms with van der Waals surface area (Å²) in [6, 6.07) is 7.61. The molecule has 0 unspecified atom stereocenters. The van der Waals surface area contributed by atoms with Gasteiger partial charge < -0.3 is 20.0 Å². The summed E-state index contributed by atoms with van der Waals surface area (Å²) in [4.78, 5) is 24.1. The van der Waals surface area contributed by atoms with Crippen LogP contribution in [0.25, 0.3) is 11.3 Å². The molecular weight excluding hydrogens is 508 g/mol. The van der Waals surface area contributed by atoms with E-state index in [1.165, 1.54) is 0 Å². The van der Waals surface area contributed by atoms with Gasteiger partial charge in [-0.2, -0.15) is 5.10 Å². The molecule has 1 aromatic carbocycles. The number of amides is 1. The zero-order valence-electron chi connectivity index (χ0n) is 21.4. The summed E-state index contributed by atoms with van der Waals surface area (Å²) in [6.45, 7) is 1.45. The highest BCUT2D eigenvalue weighted by Gasteiger charge is 2.48. The quantitative estimate of drug-likeness (QED) is 0.379. The SMILES string of the molecule is CN1CC[C@H](NC(=O)c2nnc(C3CC(F)(F)C3)o2)c2ccc(-c3ccnc(Nc4cnn(C)c4)n3)cc2C1. The van der Waals surface area contributed by atoms with Crippen LogP contribution in [0.3, 0.4) is 0 Å². The third kappa shape index (κ3) is 5.35. The predicted octanol–water partition coefficient (Wildman–Crippen LogP) is 3.82. The van der Waals surface area contributed by atoms with E-state index in [9.17, 15) is 13.6 Å². The molecule has 0 saturated heterocycles. The highest BCUT2D eigenvalue weighted by Crippen LogP contribution is 2.47. The van der Waals surface area contributed by atoms with Crippen LogP contribution in [-0.2, 0) is 13.6 Å². The molecule has 3 aromatic heterocycles. The Morgan fingerprint density at radius 3 is 2.79 bits per heavy atom. The number of halogens is 2. The van der Waals surface area contributed by atoms with Crippen molar-refractivity contribution in [2.45, 2.75) is 43.7 Å². The van der Waals surface area contributed by atoms with Crippen LogP contribution in [0.1, 0.15) is 58.9 Å². The van der Waals surface area contributed by atoms with Gasteiger partial charge in [-0.3, -0.25) is 9.48 Å². The van der Waals surface area contributed by atoms with Crippen LogP contribution in [0.2, 0.25) is 0 Å². The summed E-state index contributed by atoms with van der Waals surface area (Å²) >= 11 is 0. The Hall–Kier alpha value is -4.26. The summed E-state index contributed by atoms with van der Waals surface area (Å²) in [7, 11) is 3.86. The fourth-order valence-electron chi connectivity index (χ4n) is 5.01. The number of carbonyl (C=O) groups is 1. The van der Waals surface area contributed by atoms with E-state index in [-0.39, 0.29) is 30.7 Å². The molecule has 39 heavy (non-hydrogen) atoms. The van der Waals surface area contributed by atoms with Gasteiger partial charge in [0.15, 0.2) is 0 Å². The summed E-state index contributed by atoms with van der Waals surface area (Å²) in [5, 5.41) is 18.0. The average molecular weight is 536 g/mol. The molecule has 0 radical (unpaired) electrons. The first kappa shape index (κ1) is 25.0. The lowest BCUT2D eigenvalue weighted by Crippen LogP contribution is -2.33. The van der Waals surface area contributed by atoms with Gasteiger partial charge in [-0.15, -0.1) is 10.2 Å². The molecule has 4 heterocycles. The monoisotopic (exact) mass is 535 g/mol. The van der Waals surface area contributed by atoms with Crippen LogP contribution in [0.15, 0.2) is 47.3 Å². The van der Waals surface area contributed by atoms with Crippen molar-refractivity contribution in [3.8, 4) is 11.3 Å². The summed E-state index contributed by atoms with van der Waals surface area (Å²) in [5.41, 5.74) is 4.51. The van der Waals surface area contributed by atoms with E-state index in [0.29, 0.717) is 18.9 Å². The minimum Gasteiger partial charge on any atom is -0.417 e. The Morgan fingerprint density at radius 2 is 2.03 bits per heavy atom. The maximum atomic E-state index is 13.2. The maximum Gasteiger partial charge on any atom is 0.309 e. The normalized spacial score (nSPS) is 19.1. The summed E-state index contributed by atoms with van der Waals surface area (Å²) in [5.74, 6) is -3.42. The first-order chi connectivity index (χ1) is 18.7. The fraction of sp³-hybridized carbons (Fsp3) is 0.385.